The number of hydrogen-bond acceptors (Lipinski definition) is 3. The van der Waals surface area contributed by atoms with Crippen LogP contribution in [0.3, 0.4) is 0 Å². The van der Waals surface area contributed by atoms with E-state index >= 15 is 0 Å². The first-order chi connectivity index (χ1) is 10.0. The summed E-state index contributed by atoms with van der Waals surface area (Å²) in [5.74, 6) is 1.06. The van der Waals surface area contributed by atoms with Crippen molar-refractivity contribution in [1.29, 1.82) is 5.26 Å². The lowest BCUT2D eigenvalue weighted by Gasteiger charge is -2.24. The Hall–Kier alpha value is 0.0700. The number of unbranched alkanes of at least 4 members (excludes halogenated alkanes) is 2. The van der Waals surface area contributed by atoms with Crippen molar-refractivity contribution in [2.24, 2.45) is 11.8 Å². The largest absolute Gasteiger partial charge is 0.311 e. The molecule has 0 radical (unpaired) electrons. The van der Waals surface area contributed by atoms with Crippen LogP contribution in [0.25, 0.3) is 0 Å². The van der Waals surface area contributed by atoms with Crippen LogP contribution < -0.4 is 0 Å². The molecule has 0 aliphatic rings. The fourth-order valence-electron chi connectivity index (χ4n) is 2.84. The second-order valence-corrected chi connectivity index (χ2v) is 11.5. The van der Waals surface area contributed by atoms with Crippen molar-refractivity contribution in [2.75, 3.05) is 12.3 Å². The van der Waals surface area contributed by atoms with E-state index in [1.165, 1.54) is 25.7 Å². The maximum atomic E-state index is 13.2. The Morgan fingerprint density at radius 3 is 1.67 bits per heavy atom. The summed E-state index contributed by atoms with van der Waals surface area (Å²) >= 11 is 1.09. The molecule has 0 bridgehead atoms. The minimum absolute atomic E-state index is 0.528. The molecule has 2 atom stereocenters. The Morgan fingerprint density at radius 2 is 1.38 bits per heavy atom. The SMILES string of the molecule is CCCCC(CC)CP(=O)(CC(CC)CCCC)SC#N. The van der Waals surface area contributed by atoms with Gasteiger partial charge in [0.25, 0.3) is 0 Å². The number of thiocyanates is 1. The molecule has 0 aliphatic carbocycles. The lowest BCUT2D eigenvalue weighted by Crippen LogP contribution is -2.11. The van der Waals surface area contributed by atoms with Crippen LogP contribution >= 0.6 is 17.7 Å². The predicted octanol–water partition coefficient (Wildman–Crippen LogP) is 6.91. The highest BCUT2D eigenvalue weighted by molar-refractivity contribution is 8.60. The third-order valence-electron chi connectivity index (χ3n) is 4.37. The van der Waals surface area contributed by atoms with Crippen LogP contribution in [-0.2, 0) is 4.57 Å². The first-order valence-corrected chi connectivity index (χ1v) is 12.2. The van der Waals surface area contributed by atoms with Crippen LogP contribution in [0, 0.1) is 22.5 Å². The van der Waals surface area contributed by atoms with Gasteiger partial charge in [-0.05, 0) is 24.7 Å². The van der Waals surface area contributed by atoms with E-state index in [4.69, 9.17) is 5.26 Å². The topological polar surface area (TPSA) is 40.9 Å². The Balaban J connectivity index is 4.71. The zero-order chi connectivity index (χ0) is 16.1. The van der Waals surface area contributed by atoms with E-state index in [0.717, 1.165) is 49.4 Å². The first kappa shape index (κ1) is 21.1. The van der Waals surface area contributed by atoms with Gasteiger partial charge in [-0.3, -0.25) is 0 Å². The molecule has 0 aromatic carbocycles. The summed E-state index contributed by atoms with van der Waals surface area (Å²) in [6.07, 6.45) is 8.45. The summed E-state index contributed by atoms with van der Waals surface area (Å²) in [5, 5.41) is 11.2. The quantitative estimate of drug-likeness (QED) is 0.272. The molecule has 0 spiro atoms. The normalized spacial score (nSPS) is 16.9. The number of rotatable bonds is 13. The molecule has 4 heteroatoms. The van der Waals surface area contributed by atoms with E-state index in [1.807, 2.05) is 0 Å². The van der Waals surface area contributed by atoms with Crippen LogP contribution in [0.5, 0.6) is 0 Å². The molecular formula is C17H34NOPS. The minimum atomic E-state index is -2.39. The van der Waals surface area contributed by atoms with Crippen LogP contribution in [0.4, 0.5) is 0 Å². The maximum absolute atomic E-state index is 13.2. The number of hydrogen-bond donors (Lipinski definition) is 0. The van der Waals surface area contributed by atoms with Crippen molar-refractivity contribution in [1.82, 2.24) is 0 Å². The molecule has 0 N–H and O–H groups in total. The van der Waals surface area contributed by atoms with Gasteiger partial charge in [-0.2, -0.15) is 5.26 Å². The third kappa shape index (κ3) is 9.64. The van der Waals surface area contributed by atoms with Crippen molar-refractivity contribution in [2.45, 2.75) is 79.1 Å². The minimum Gasteiger partial charge on any atom is -0.311 e. The van der Waals surface area contributed by atoms with Gasteiger partial charge in [-0.25, -0.2) is 0 Å². The lowest BCUT2D eigenvalue weighted by atomic mass is 10.0. The van der Waals surface area contributed by atoms with Crippen molar-refractivity contribution in [3.63, 3.8) is 0 Å². The van der Waals surface area contributed by atoms with Gasteiger partial charge in [-0.15, -0.1) is 0 Å². The molecule has 0 saturated heterocycles. The fourth-order valence-corrected chi connectivity index (χ4v) is 7.91. The standard InChI is InChI=1S/C17H34NOPS/c1-5-9-11-16(7-3)13-20(19,21-15-18)14-17(8-4)12-10-6-2/h16-17H,5-14H2,1-4H3. The van der Waals surface area contributed by atoms with E-state index in [-0.39, 0.29) is 0 Å². The van der Waals surface area contributed by atoms with Crippen LogP contribution in [0.2, 0.25) is 0 Å². The van der Waals surface area contributed by atoms with Crippen molar-refractivity contribution in [3.8, 4) is 5.40 Å². The molecular weight excluding hydrogens is 297 g/mol. The Bertz CT molecular complexity index is 318. The number of nitrogens with zero attached hydrogens (tertiary/aromatic N) is 1. The Labute approximate surface area is 136 Å². The summed E-state index contributed by atoms with van der Waals surface area (Å²) in [4.78, 5) is 0. The summed E-state index contributed by atoms with van der Waals surface area (Å²) in [7, 11) is 0. The molecule has 0 rings (SSSR count). The molecule has 0 saturated carbocycles. The monoisotopic (exact) mass is 331 g/mol. The molecule has 0 aliphatic heterocycles. The van der Waals surface area contributed by atoms with Crippen molar-refractivity contribution >= 4 is 17.7 Å². The average Bonchev–Trinajstić information content (AvgIpc) is 2.48. The molecule has 0 amide bonds. The summed E-state index contributed by atoms with van der Waals surface area (Å²) < 4.78 is 13.2. The Kier molecular flexibility index (Phi) is 12.6. The van der Waals surface area contributed by atoms with Gasteiger partial charge >= 0.3 is 0 Å². The smallest absolute Gasteiger partial charge is 0.153 e. The van der Waals surface area contributed by atoms with E-state index in [2.05, 4.69) is 33.1 Å². The van der Waals surface area contributed by atoms with Gasteiger partial charge in [-0.1, -0.05) is 66.2 Å². The summed E-state index contributed by atoms with van der Waals surface area (Å²) in [6.45, 7) is 8.79. The molecule has 0 aromatic rings. The highest BCUT2D eigenvalue weighted by atomic mass is 32.7. The molecule has 2 nitrogen and oxygen atoms in total. The molecule has 0 heterocycles. The van der Waals surface area contributed by atoms with Crippen LogP contribution in [0.1, 0.15) is 79.1 Å². The predicted molar refractivity (Wildman–Crippen MR) is 97.2 cm³/mol. The van der Waals surface area contributed by atoms with Crippen LogP contribution in [-0.4, -0.2) is 12.3 Å². The van der Waals surface area contributed by atoms with E-state index in [9.17, 15) is 4.57 Å². The maximum Gasteiger partial charge on any atom is 0.153 e. The number of nitriles is 1. The zero-order valence-corrected chi connectivity index (χ0v) is 16.1. The molecule has 0 fully saturated rings. The van der Waals surface area contributed by atoms with Crippen LogP contribution in [0.15, 0.2) is 0 Å². The van der Waals surface area contributed by atoms with Gasteiger partial charge < -0.3 is 4.57 Å². The van der Waals surface area contributed by atoms with Crippen molar-refractivity contribution < 1.29 is 4.57 Å². The van der Waals surface area contributed by atoms with Gasteiger partial charge in [0.2, 0.25) is 0 Å². The summed E-state index contributed by atoms with van der Waals surface area (Å²) in [6, 6.07) is 0. The lowest BCUT2D eigenvalue weighted by molar-refractivity contribution is 0.468. The molecule has 0 aromatic heterocycles. The second kappa shape index (κ2) is 12.6. The second-order valence-electron chi connectivity index (χ2n) is 6.20. The fraction of sp³-hybridized carbons (Fsp3) is 0.941. The highest BCUT2D eigenvalue weighted by Crippen LogP contribution is 2.61. The van der Waals surface area contributed by atoms with E-state index < -0.39 is 6.34 Å². The summed E-state index contributed by atoms with van der Waals surface area (Å²) in [5.41, 5.74) is 0. The van der Waals surface area contributed by atoms with Crippen molar-refractivity contribution in [3.05, 3.63) is 0 Å². The molecule has 2 unspecified atom stereocenters. The molecule has 21 heavy (non-hydrogen) atoms. The van der Waals surface area contributed by atoms with Gasteiger partial charge in [0, 0.05) is 23.7 Å². The van der Waals surface area contributed by atoms with Gasteiger partial charge in [0.15, 0.2) is 6.34 Å². The Morgan fingerprint density at radius 1 is 0.952 bits per heavy atom. The third-order valence-corrected chi connectivity index (χ3v) is 9.06. The van der Waals surface area contributed by atoms with Gasteiger partial charge in [0.1, 0.15) is 5.40 Å². The first-order valence-electron chi connectivity index (χ1n) is 8.70. The highest BCUT2D eigenvalue weighted by Gasteiger charge is 2.29. The molecule has 124 valence electrons. The zero-order valence-electron chi connectivity index (χ0n) is 14.4. The van der Waals surface area contributed by atoms with E-state index in [1.54, 1.807) is 0 Å². The average molecular weight is 332 g/mol. The van der Waals surface area contributed by atoms with E-state index in [0.29, 0.717) is 11.8 Å². The van der Waals surface area contributed by atoms with Gasteiger partial charge in [0.05, 0.1) is 0 Å².